The number of urea groups is 1. The largest absolute Gasteiger partial charge is 0.420 e. The zero-order chi connectivity index (χ0) is 24.6. The molecule has 0 aliphatic carbocycles. The average molecular weight is 518 g/mol. The minimum Gasteiger partial charge on any atom is -0.420 e. The number of halogens is 3. The molecule has 1 aliphatic rings. The zero-order valence-corrected chi connectivity index (χ0v) is 19.1. The molecule has 1 heterocycles. The first-order valence-electron chi connectivity index (χ1n) is 9.48. The number of imide groups is 4. The van der Waals surface area contributed by atoms with E-state index in [0.29, 0.717) is 4.90 Å². The standard InChI is InChI=1S/C23H11Cl3N2O6/c24-15-9-5-4-8-14(15)19(29)28-21(31)20(30)27(23(28)33)13-10-16(25)18(17(26)11-13)34-22(32)12-6-2-1-3-7-12/h1-11H. The molecule has 8 nitrogen and oxygen atoms in total. The van der Waals surface area contributed by atoms with E-state index >= 15 is 0 Å². The van der Waals surface area contributed by atoms with Gasteiger partial charge in [0, 0.05) is 0 Å². The van der Waals surface area contributed by atoms with Gasteiger partial charge in [0.05, 0.1) is 31.9 Å². The number of anilines is 1. The third kappa shape index (κ3) is 4.14. The third-order valence-electron chi connectivity index (χ3n) is 4.72. The summed E-state index contributed by atoms with van der Waals surface area (Å²) in [7, 11) is 0. The van der Waals surface area contributed by atoms with Crippen LogP contribution in [-0.4, -0.2) is 34.6 Å². The van der Waals surface area contributed by atoms with E-state index in [1.807, 2.05) is 0 Å². The van der Waals surface area contributed by atoms with Gasteiger partial charge in [-0.1, -0.05) is 65.1 Å². The molecular weight excluding hydrogens is 507 g/mol. The number of ether oxygens (including phenoxy) is 1. The van der Waals surface area contributed by atoms with Crippen molar-refractivity contribution in [3.63, 3.8) is 0 Å². The van der Waals surface area contributed by atoms with Crippen LogP contribution < -0.4 is 9.64 Å². The molecule has 0 N–H and O–H groups in total. The number of rotatable bonds is 4. The fourth-order valence-electron chi connectivity index (χ4n) is 3.13. The fourth-order valence-corrected chi connectivity index (χ4v) is 3.90. The maximum atomic E-state index is 12.9. The second kappa shape index (κ2) is 9.26. The molecular formula is C23H11Cl3N2O6. The van der Waals surface area contributed by atoms with Crippen LogP contribution in [0.5, 0.6) is 5.75 Å². The van der Waals surface area contributed by atoms with E-state index in [1.165, 1.54) is 30.3 Å². The highest BCUT2D eigenvalue weighted by Gasteiger charge is 2.49. The number of amides is 5. The van der Waals surface area contributed by atoms with Gasteiger partial charge in [-0.2, -0.15) is 4.90 Å². The Balaban J connectivity index is 1.64. The SMILES string of the molecule is O=C(Oc1c(Cl)cc(N2C(=O)C(=O)N(C(=O)c3ccccc3Cl)C2=O)cc1Cl)c1ccccc1. The van der Waals surface area contributed by atoms with Gasteiger partial charge < -0.3 is 4.74 Å². The Kier molecular flexibility index (Phi) is 6.39. The summed E-state index contributed by atoms with van der Waals surface area (Å²) in [5, 5.41) is -0.430. The van der Waals surface area contributed by atoms with Crippen molar-refractivity contribution >= 4 is 70.2 Å². The average Bonchev–Trinajstić information content (AvgIpc) is 3.04. The summed E-state index contributed by atoms with van der Waals surface area (Å²) in [6, 6.07) is 14.8. The summed E-state index contributed by atoms with van der Waals surface area (Å²) >= 11 is 18.4. The highest BCUT2D eigenvalue weighted by Crippen LogP contribution is 2.39. The van der Waals surface area contributed by atoms with Crippen LogP contribution >= 0.6 is 34.8 Å². The van der Waals surface area contributed by atoms with Gasteiger partial charge in [0.15, 0.2) is 5.75 Å². The smallest absolute Gasteiger partial charge is 0.346 e. The summed E-state index contributed by atoms with van der Waals surface area (Å²) in [5.74, 6) is -4.69. The zero-order valence-electron chi connectivity index (χ0n) is 16.8. The predicted molar refractivity (Wildman–Crippen MR) is 123 cm³/mol. The summed E-state index contributed by atoms with van der Waals surface area (Å²) < 4.78 is 5.25. The molecule has 3 aromatic carbocycles. The first-order valence-corrected chi connectivity index (χ1v) is 10.6. The lowest BCUT2D eigenvalue weighted by atomic mass is 10.2. The van der Waals surface area contributed by atoms with E-state index in [2.05, 4.69) is 0 Å². The monoisotopic (exact) mass is 516 g/mol. The van der Waals surface area contributed by atoms with Crippen molar-refractivity contribution in [2.75, 3.05) is 4.90 Å². The van der Waals surface area contributed by atoms with Crippen LogP contribution in [0.3, 0.4) is 0 Å². The van der Waals surface area contributed by atoms with E-state index in [4.69, 9.17) is 39.5 Å². The molecule has 0 spiro atoms. The van der Waals surface area contributed by atoms with Crippen LogP contribution in [0.15, 0.2) is 66.7 Å². The van der Waals surface area contributed by atoms with Crippen LogP contribution in [0.1, 0.15) is 20.7 Å². The normalized spacial score (nSPS) is 13.4. The van der Waals surface area contributed by atoms with Crippen molar-refractivity contribution < 1.29 is 28.7 Å². The first-order chi connectivity index (χ1) is 16.2. The van der Waals surface area contributed by atoms with Crippen molar-refractivity contribution in [3.05, 3.63) is 92.9 Å². The molecule has 170 valence electrons. The molecule has 1 aliphatic heterocycles. The Hall–Kier alpha value is -3.72. The van der Waals surface area contributed by atoms with Crippen molar-refractivity contribution in [2.45, 2.75) is 0 Å². The number of esters is 1. The van der Waals surface area contributed by atoms with E-state index in [1.54, 1.807) is 24.3 Å². The Bertz CT molecular complexity index is 1350. The van der Waals surface area contributed by atoms with E-state index in [9.17, 15) is 24.0 Å². The van der Waals surface area contributed by atoms with Crippen LogP contribution in [0, 0.1) is 0 Å². The molecule has 1 saturated heterocycles. The second-order valence-corrected chi connectivity index (χ2v) is 8.06. The Labute approximate surface area is 207 Å². The first kappa shape index (κ1) is 23.4. The van der Waals surface area contributed by atoms with E-state index in [0.717, 1.165) is 12.1 Å². The van der Waals surface area contributed by atoms with Gasteiger partial charge >= 0.3 is 23.8 Å². The van der Waals surface area contributed by atoms with Gasteiger partial charge in [-0.05, 0) is 36.4 Å². The molecule has 0 atom stereocenters. The third-order valence-corrected chi connectivity index (χ3v) is 5.62. The van der Waals surface area contributed by atoms with Crippen LogP contribution in [0.25, 0.3) is 0 Å². The highest BCUT2D eigenvalue weighted by molar-refractivity contribution is 6.56. The summed E-state index contributed by atoms with van der Waals surface area (Å²) in [6.07, 6.45) is 0. The van der Waals surface area contributed by atoms with Crippen LogP contribution in [0.2, 0.25) is 15.1 Å². The highest BCUT2D eigenvalue weighted by atomic mass is 35.5. The Morgan fingerprint density at radius 2 is 1.32 bits per heavy atom. The van der Waals surface area contributed by atoms with Gasteiger partial charge in [-0.25, -0.2) is 14.5 Å². The molecule has 0 saturated carbocycles. The molecule has 34 heavy (non-hydrogen) atoms. The molecule has 0 unspecified atom stereocenters. The number of carbonyl (C=O) groups excluding carboxylic acids is 5. The van der Waals surface area contributed by atoms with Crippen LogP contribution in [-0.2, 0) is 9.59 Å². The molecule has 4 rings (SSSR count). The number of benzene rings is 3. The van der Waals surface area contributed by atoms with Gasteiger partial charge in [-0.3, -0.25) is 14.4 Å². The van der Waals surface area contributed by atoms with Crippen molar-refractivity contribution in [2.24, 2.45) is 0 Å². The Morgan fingerprint density at radius 1 is 0.735 bits per heavy atom. The topological polar surface area (TPSA) is 101 Å². The maximum absolute atomic E-state index is 12.9. The summed E-state index contributed by atoms with van der Waals surface area (Å²) in [4.78, 5) is 63.7. The predicted octanol–water partition coefficient (Wildman–Crippen LogP) is 5.00. The molecule has 3 aromatic rings. The van der Waals surface area contributed by atoms with E-state index < -0.39 is 29.7 Å². The van der Waals surface area contributed by atoms with Crippen molar-refractivity contribution in [1.82, 2.24) is 4.90 Å². The van der Waals surface area contributed by atoms with Gasteiger partial charge in [0.2, 0.25) is 0 Å². The number of hydrogen-bond acceptors (Lipinski definition) is 6. The van der Waals surface area contributed by atoms with Gasteiger partial charge in [0.1, 0.15) is 0 Å². The van der Waals surface area contributed by atoms with Crippen LogP contribution in [0.4, 0.5) is 10.5 Å². The quantitative estimate of drug-likeness (QED) is 0.159. The van der Waals surface area contributed by atoms with E-state index in [-0.39, 0.29) is 42.5 Å². The minimum atomic E-state index is -1.37. The molecule has 1 fully saturated rings. The lowest BCUT2D eigenvalue weighted by Gasteiger charge is -2.17. The van der Waals surface area contributed by atoms with Crippen molar-refractivity contribution in [1.29, 1.82) is 0 Å². The summed E-state index contributed by atoms with van der Waals surface area (Å²) in [6.45, 7) is 0. The number of hydrogen-bond donors (Lipinski definition) is 0. The molecule has 0 aromatic heterocycles. The Morgan fingerprint density at radius 3 is 1.94 bits per heavy atom. The lowest BCUT2D eigenvalue weighted by Crippen LogP contribution is -2.38. The maximum Gasteiger partial charge on any atom is 0.346 e. The summed E-state index contributed by atoms with van der Waals surface area (Å²) in [5.41, 5.74) is -0.102. The lowest BCUT2D eigenvalue weighted by molar-refractivity contribution is -0.138. The molecule has 0 bridgehead atoms. The second-order valence-electron chi connectivity index (χ2n) is 6.84. The molecule has 11 heteroatoms. The number of nitrogens with zero attached hydrogens (tertiary/aromatic N) is 2. The minimum absolute atomic E-state index is 0.00493. The van der Waals surface area contributed by atoms with Gasteiger partial charge in [0.25, 0.3) is 5.91 Å². The number of carbonyl (C=O) groups is 5. The molecule has 5 amide bonds. The van der Waals surface area contributed by atoms with Crippen molar-refractivity contribution in [3.8, 4) is 5.75 Å². The molecule has 0 radical (unpaired) electrons. The van der Waals surface area contributed by atoms with Gasteiger partial charge in [-0.15, -0.1) is 0 Å². The fraction of sp³-hybridized carbons (Fsp3) is 0.